The zero-order valence-corrected chi connectivity index (χ0v) is 11.3. The van der Waals surface area contributed by atoms with Crippen molar-refractivity contribution < 1.29 is 13.9 Å². The summed E-state index contributed by atoms with van der Waals surface area (Å²) in [6.45, 7) is 1.85. The van der Waals surface area contributed by atoms with Gasteiger partial charge in [0.2, 0.25) is 0 Å². The molecule has 0 N–H and O–H groups in total. The average molecular weight is 280 g/mol. The zero-order valence-electron chi connectivity index (χ0n) is 11.3. The first-order valence-corrected chi connectivity index (χ1v) is 6.44. The Balaban J connectivity index is 2.05. The molecule has 21 heavy (non-hydrogen) atoms. The molecule has 0 radical (unpaired) electrons. The van der Waals surface area contributed by atoms with Crippen LogP contribution < -0.4 is 10.4 Å². The number of hydrogen-bond acceptors (Lipinski definition) is 4. The zero-order chi connectivity index (χ0) is 14.8. The number of aryl methyl sites for hydroxylation is 1. The standard InChI is InChI=1S/C17H12O4/c1-11-8-17(19)21-16-9-13(6-7-14(11)16)20-15-5-3-2-4-12(15)10-18/h2-10H,1H3. The van der Waals surface area contributed by atoms with Crippen molar-refractivity contribution in [1.82, 2.24) is 0 Å². The van der Waals surface area contributed by atoms with Gasteiger partial charge < -0.3 is 9.15 Å². The topological polar surface area (TPSA) is 56.5 Å². The molecule has 0 unspecified atom stereocenters. The van der Waals surface area contributed by atoms with E-state index in [9.17, 15) is 9.59 Å². The second kappa shape index (κ2) is 5.25. The van der Waals surface area contributed by atoms with Crippen molar-refractivity contribution >= 4 is 17.3 Å². The van der Waals surface area contributed by atoms with Gasteiger partial charge in [0.1, 0.15) is 17.1 Å². The second-order valence-electron chi connectivity index (χ2n) is 4.66. The molecule has 1 heterocycles. The third-order valence-corrected chi connectivity index (χ3v) is 3.20. The molecule has 3 aromatic rings. The quantitative estimate of drug-likeness (QED) is 0.542. The Bertz CT molecular complexity index is 877. The van der Waals surface area contributed by atoms with Crippen LogP contribution in [0.4, 0.5) is 0 Å². The minimum absolute atomic E-state index is 0.398. The van der Waals surface area contributed by atoms with Gasteiger partial charge in [-0.3, -0.25) is 4.79 Å². The normalized spacial score (nSPS) is 10.5. The number of hydrogen-bond donors (Lipinski definition) is 0. The lowest BCUT2D eigenvalue weighted by molar-refractivity contribution is 0.112. The monoisotopic (exact) mass is 280 g/mol. The third kappa shape index (κ3) is 2.56. The van der Waals surface area contributed by atoms with E-state index in [-0.39, 0.29) is 0 Å². The molecule has 4 heteroatoms. The maximum atomic E-state index is 11.4. The highest BCUT2D eigenvalue weighted by Gasteiger charge is 2.07. The van der Waals surface area contributed by atoms with Gasteiger partial charge in [-0.25, -0.2) is 4.79 Å². The van der Waals surface area contributed by atoms with Crippen LogP contribution in [0.25, 0.3) is 11.0 Å². The van der Waals surface area contributed by atoms with Crippen LogP contribution in [0.5, 0.6) is 11.5 Å². The van der Waals surface area contributed by atoms with Crippen molar-refractivity contribution in [3.05, 3.63) is 70.1 Å². The van der Waals surface area contributed by atoms with Gasteiger partial charge in [0.15, 0.2) is 6.29 Å². The van der Waals surface area contributed by atoms with Gasteiger partial charge in [0.05, 0.1) is 5.56 Å². The maximum Gasteiger partial charge on any atom is 0.336 e. The predicted octanol–water partition coefficient (Wildman–Crippen LogP) is 3.71. The van der Waals surface area contributed by atoms with Crippen LogP contribution >= 0.6 is 0 Å². The number of aldehydes is 1. The minimum Gasteiger partial charge on any atom is -0.456 e. The lowest BCUT2D eigenvalue weighted by Gasteiger charge is -2.08. The number of benzene rings is 2. The molecule has 0 spiro atoms. The van der Waals surface area contributed by atoms with Crippen molar-refractivity contribution in [2.24, 2.45) is 0 Å². The highest BCUT2D eigenvalue weighted by molar-refractivity contribution is 5.82. The summed E-state index contributed by atoms with van der Waals surface area (Å²) < 4.78 is 10.9. The molecule has 2 aromatic carbocycles. The van der Waals surface area contributed by atoms with Crippen LogP contribution in [0.3, 0.4) is 0 Å². The van der Waals surface area contributed by atoms with Gasteiger partial charge in [0, 0.05) is 17.5 Å². The smallest absolute Gasteiger partial charge is 0.336 e. The fourth-order valence-electron chi connectivity index (χ4n) is 2.17. The first kappa shape index (κ1) is 13.1. The fourth-order valence-corrected chi connectivity index (χ4v) is 2.17. The summed E-state index contributed by atoms with van der Waals surface area (Å²) in [5, 5.41) is 0.852. The fraction of sp³-hybridized carbons (Fsp3) is 0.0588. The molecule has 4 nitrogen and oxygen atoms in total. The molecule has 0 saturated heterocycles. The Morgan fingerprint density at radius 2 is 1.90 bits per heavy atom. The van der Waals surface area contributed by atoms with E-state index in [4.69, 9.17) is 9.15 Å². The Hall–Kier alpha value is -2.88. The molecule has 0 aliphatic rings. The van der Waals surface area contributed by atoms with Crippen LogP contribution in [-0.2, 0) is 0 Å². The lowest BCUT2D eigenvalue weighted by atomic mass is 10.1. The van der Waals surface area contributed by atoms with Crippen LogP contribution in [0.1, 0.15) is 15.9 Å². The van der Waals surface area contributed by atoms with E-state index in [1.165, 1.54) is 6.07 Å². The number of carbonyl (C=O) groups is 1. The molecule has 0 atom stereocenters. The average Bonchev–Trinajstić information content (AvgIpc) is 2.47. The third-order valence-electron chi connectivity index (χ3n) is 3.20. The van der Waals surface area contributed by atoms with Crippen molar-refractivity contribution in [3.63, 3.8) is 0 Å². The number of fused-ring (bicyclic) bond motifs is 1. The van der Waals surface area contributed by atoms with Gasteiger partial charge in [-0.1, -0.05) is 12.1 Å². The van der Waals surface area contributed by atoms with E-state index in [0.717, 1.165) is 17.2 Å². The molecule has 1 aromatic heterocycles. The minimum atomic E-state index is -0.398. The summed E-state index contributed by atoms with van der Waals surface area (Å²) in [7, 11) is 0. The SMILES string of the molecule is Cc1cc(=O)oc2cc(Oc3ccccc3C=O)ccc12. The predicted molar refractivity (Wildman–Crippen MR) is 79.1 cm³/mol. The molecule has 3 rings (SSSR count). The van der Waals surface area contributed by atoms with Crippen molar-refractivity contribution in [2.75, 3.05) is 0 Å². The molecule has 0 amide bonds. The summed E-state index contributed by atoms with van der Waals surface area (Å²) in [6.07, 6.45) is 0.737. The summed E-state index contributed by atoms with van der Waals surface area (Å²) >= 11 is 0. The van der Waals surface area contributed by atoms with Gasteiger partial charge >= 0.3 is 5.63 Å². The van der Waals surface area contributed by atoms with E-state index in [2.05, 4.69) is 0 Å². The molecular weight excluding hydrogens is 268 g/mol. The number of rotatable bonds is 3. The number of ether oxygens (including phenoxy) is 1. The van der Waals surface area contributed by atoms with Crippen molar-refractivity contribution in [2.45, 2.75) is 6.92 Å². The first-order chi connectivity index (χ1) is 10.2. The van der Waals surface area contributed by atoms with Crippen molar-refractivity contribution in [1.29, 1.82) is 0 Å². The molecule has 0 aliphatic heterocycles. The van der Waals surface area contributed by atoms with Crippen LogP contribution in [-0.4, -0.2) is 6.29 Å². The molecule has 0 aliphatic carbocycles. The largest absolute Gasteiger partial charge is 0.456 e. The Kier molecular flexibility index (Phi) is 3.28. The van der Waals surface area contributed by atoms with E-state index in [1.807, 2.05) is 13.0 Å². The summed E-state index contributed by atoms with van der Waals surface area (Å²) in [4.78, 5) is 22.4. The Morgan fingerprint density at radius 1 is 1.10 bits per heavy atom. The van der Waals surface area contributed by atoms with Gasteiger partial charge in [-0.2, -0.15) is 0 Å². The summed E-state index contributed by atoms with van der Waals surface area (Å²) in [6, 6.07) is 13.6. The van der Waals surface area contributed by atoms with Crippen LogP contribution in [0.15, 0.2) is 57.7 Å². The van der Waals surface area contributed by atoms with E-state index >= 15 is 0 Å². The molecule has 0 bridgehead atoms. The second-order valence-corrected chi connectivity index (χ2v) is 4.66. The Labute approximate surface area is 120 Å². The highest BCUT2D eigenvalue weighted by Crippen LogP contribution is 2.27. The Morgan fingerprint density at radius 3 is 2.71 bits per heavy atom. The number of carbonyl (C=O) groups excluding carboxylic acids is 1. The summed E-state index contributed by atoms with van der Waals surface area (Å²) in [5.41, 5.74) is 1.37. The van der Waals surface area contributed by atoms with Crippen molar-refractivity contribution in [3.8, 4) is 11.5 Å². The van der Waals surface area contributed by atoms with E-state index in [0.29, 0.717) is 22.6 Å². The lowest BCUT2D eigenvalue weighted by Crippen LogP contribution is -1.98. The maximum absolute atomic E-state index is 11.4. The van der Waals surface area contributed by atoms with Gasteiger partial charge in [0.25, 0.3) is 0 Å². The molecule has 0 fully saturated rings. The summed E-state index contributed by atoms with van der Waals surface area (Å²) in [5.74, 6) is 0.965. The van der Waals surface area contributed by atoms with Gasteiger partial charge in [-0.15, -0.1) is 0 Å². The first-order valence-electron chi connectivity index (χ1n) is 6.44. The molecule has 0 saturated carbocycles. The van der Waals surface area contributed by atoms with Crippen LogP contribution in [0.2, 0.25) is 0 Å². The van der Waals surface area contributed by atoms with Gasteiger partial charge in [-0.05, 0) is 36.8 Å². The molecular formula is C17H12O4. The number of para-hydroxylation sites is 1. The van der Waals surface area contributed by atoms with E-state index in [1.54, 1.807) is 36.4 Å². The highest BCUT2D eigenvalue weighted by atomic mass is 16.5. The molecule has 104 valence electrons. The van der Waals surface area contributed by atoms with Crippen LogP contribution in [0, 0.1) is 6.92 Å². The van der Waals surface area contributed by atoms with E-state index < -0.39 is 5.63 Å².